The molecular weight excluding hydrogens is 299 g/mol. The van der Waals surface area contributed by atoms with Crippen molar-refractivity contribution >= 4 is 10.8 Å². The molecule has 23 heavy (non-hydrogen) atoms. The van der Waals surface area contributed by atoms with Gasteiger partial charge >= 0.3 is 0 Å². The van der Waals surface area contributed by atoms with Crippen LogP contribution < -0.4 is 0 Å². The van der Waals surface area contributed by atoms with Crippen molar-refractivity contribution in [3.63, 3.8) is 0 Å². The summed E-state index contributed by atoms with van der Waals surface area (Å²) in [4.78, 5) is 0. The summed E-state index contributed by atoms with van der Waals surface area (Å²) in [6, 6.07) is 9.31. The van der Waals surface area contributed by atoms with Gasteiger partial charge in [-0.2, -0.15) is 0 Å². The first kappa shape index (κ1) is 15.4. The lowest BCUT2D eigenvalue weighted by atomic mass is 10.0. The molecular formula is C19H16F3N. The van der Waals surface area contributed by atoms with Gasteiger partial charge in [0.2, 0.25) is 0 Å². The van der Waals surface area contributed by atoms with Gasteiger partial charge in [-0.3, -0.25) is 0 Å². The van der Waals surface area contributed by atoms with Crippen LogP contribution in [-0.2, 0) is 6.42 Å². The second-order valence-electron chi connectivity index (χ2n) is 5.57. The SMILES string of the molecule is C=CC[C@@H](Cc1cc(F)c(F)cc1F)n1cc2ccccc2c1. The summed E-state index contributed by atoms with van der Waals surface area (Å²) in [6.07, 6.45) is 6.55. The Bertz CT molecular complexity index is 818. The van der Waals surface area contributed by atoms with Crippen LogP contribution in [0.1, 0.15) is 18.0 Å². The fourth-order valence-electron chi connectivity index (χ4n) is 2.79. The maximum atomic E-state index is 13.9. The molecule has 0 fully saturated rings. The number of hydrogen-bond donors (Lipinski definition) is 0. The largest absolute Gasteiger partial charge is 0.349 e. The van der Waals surface area contributed by atoms with Gasteiger partial charge < -0.3 is 4.57 Å². The van der Waals surface area contributed by atoms with Crippen LogP contribution in [-0.4, -0.2) is 4.57 Å². The number of aromatic nitrogens is 1. The number of fused-ring (bicyclic) bond motifs is 1. The summed E-state index contributed by atoms with van der Waals surface area (Å²) in [5.41, 5.74) is 0.161. The van der Waals surface area contributed by atoms with Crippen molar-refractivity contribution in [1.82, 2.24) is 4.57 Å². The summed E-state index contributed by atoms with van der Waals surface area (Å²) < 4.78 is 42.4. The second kappa shape index (κ2) is 6.32. The molecule has 1 nitrogen and oxygen atoms in total. The maximum absolute atomic E-state index is 13.9. The molecule has 4 heteroatoms. The second-order valence-corrected chi connectivity index (χ2v) is 5.57. The van der Waals surface area contributed by atoms with Crippen molar-refractivity contribution in [3.05, 3.63) is 84.5 Å². The number of halogens is 3. The lowest BCUT2D eigenvalue weighted by Gasteiger charge is -2.18. The van der Waals surface area contributed by atoms with Crippen LogP contribution in [0.15, 0.2) is 61.4 Å². The van der Waals surface area contributed by atoms with Gasteiger partial charge in [0.25, 0.3) is 0 Å². The van der Waals surface area contributed by atoms with E-state index in [-0.39, 0.29) is 18.0 Å². The topological polar surface area (TPSA) is 4.93 Å². The summed E-state index contributed by atoms with van der Waals surface area (Å²) in [7, 11) is 0. The van der Waals surface area contributed by atoms with E-state index in [0.29, 0.717) is 12.5 Å². The van der Waals surface area contributed by atoms with Crippen LogP contribution in [0.5, 0.6) is 0 Å². The van der Waals surface area contributed by atoms with E-state index in [9.17, 15) is 13.2 Å². The highest BCUT2D eigenvalue weighted by Crippen LogP contribution is 2.25. The fourth-order valence-corrected chi connectivity index (χ4v) is 2.79. The van der Waals surface area contributed by atoms with Crippen molar-refractivity contribution in [1.29, 1.82) is 0 Å². The van der Waals surface area contributed by atoms with E-state index in [1.54, 1.807) is 6.08 Å². The minimum atomic E-state index is -1.17. The lowest BCUT2D eigenvalue weighted by molar-refractivity contribution is 0.468. The molecule has 0 aliphatic carbocycles. The average molecular weight is 315 g/mol. The minimum absolute atomic E-state index is 0.112. The Kier molecular flexibility index (Phi) is 4.24. The normalized spacial score (nSPS) is 12.5. The Morgan fingerprint density at radius 2 is 1.57 bits per heavy atom. The van der Waals surface area contributed by atoms with Crippen LogP contribution in [0.3, 0.4) is 0 Å². The number of benzene rings is 2. The molecule has 0 saturated heterocycles. The van der Waals surface area contributed by atoms with Crippen LogP contribution in [0.25, 0.3) is 10.8 Å². The molecule has 0 unspecified atom stereocenters. The third kappa shape index (κ3) is 3.16. The van der Waals surface area contributed by atoms with Crippen molar-refractivity contribution in [2.24, 2.45) is 0 Å². The Hall–Kier alpha value is -2.49. The highest BCUT2D eigenvalue weighted by atomic mass is 19.2. The van der Waals surface area contributed by atoms with Crippen molar-refractivity contribution in [2.75, 3.05) is 0 Å². The van der Waals surface area contributed by atoms with E-state index in [0.717, 1.165) is 16.8 Å². The Balaban J connectivity index is 1.95. The van der Waals surface area contributed by atoms with Crippen molar-refractivity contribution in [2.45, 2.75) is 18.9 Å². The van der Waals surface area contributed by atoms with E-state index in [4.69, 9.17) is 0 Å². The standard InChI is InChI=1S/C19H16F3N/c1-2-5-16(8-15-9-18(21)19(22)10-17(15)20)23-11-13-6-3-4-7-14(13)12-23/h2-4,6-7,9-12,16H,1,5,8H2/t16-/m0/s1. The molecule has 0 aliphatic heterocycles. The molecule has 2 aromatic carbocycles. The third-order valence-corrected chi connectivity index (χ3v) is 3.98. The minimum Gasteiger partial charge on any atom is -0.349 e. The molecule has 0 saturated carbocycles. The molecule has 118 valence electrons. The highest BCUT2D eigenvalue weighted by Gasteiger charge is 2.16. The zero-order valence-electron chi connectivity index (χ0n) is 12.5. The van der Waals surface area contributed by atoms with Crippen LogP contribution in [0, 0.1) is 17.5 Å². The highest BCUT2D eigenvalue weighted by molar-refractivity contribution is 5.82. The maximum Gasteiger partial charge on any atom is 0.161 e. The van der Waals surface area contributed by atoms with Gasteiger partial charge in [0, 0.05) is 24.5 Å². The van der Waals surface area contributed by atoms with Crippen molar-refractivity contribution < 1.29 is 13.2 Å². The van der Waals surface area contributed by atoms with E-state index in [2.05, 4.69) is 6.58 Å². The van der Waals surface area contributed by atoms with Gasteiger partial charge in [-0.15, -0.1) is 6.58 Å². The summed E-state index contributed by atoms with van der Waals surface area (Å²) in [5.74, 6) is -2.93. The summed E-state index contributed by atoms with van der Waals surface area (Å²) in [6.45, 7) is 3.73. The lowest BCUT2D eigenvalue weighted by Crippen LogP contribution is -2.11. The zero-order valence-corrected chi connectivity index (χ0v) is 12.5. The Morgan fingerprint density at radius 3 is 2.17 bits per heavy atom. The molecule has 3 aromatic rings. The van der Waals surface area contributed by atoms with Gasteiger partial charge in [-0.25, -0.2) is 13.2 Å². The predicted molar refractivity (Wildman–Crippen MR) is 85.8 cm³/mol. The Morgan fingerprint density at radius 1 is 0.957 bits per heavy atom. The number of hydrogen-bond acceptors (Lipinski definition) is 0. The third-order valence-electron chi connectivity index (χ3n) is 3.98. The zero-order chi connectivity index (χ0) is 16.4. The van der Waals surface area contributed by atoms with Crippen molar-refractivity contribution in [3.8, 4) is 0 Å². The molecule has 0 amide bonds. The molecule has 1 heterocycles. The van der Waals surface area contributed by atoms with Gasteiger partial charge in [-0.1, -0.05) is 30.3 Å². The molecule has 0 radical (unpaired) electrons. The first-order chi connectivity index (χ1) is 11.1. The number of allylic oxidation sites excluding steroid dienone is 1. The molecule has 1 atom stereocenters. The van der Waals surface area contributed by atoms with Gasteiger partial charge in [0.1, 0.15) is 5.82 Å². The summed E-state index contributed by atoms with van der Waals surface area (Å²) in [5, 5.41) is 2.15. The molecule has 1 aromatic heterocycles. The molecule has 0 aliphatic rings. The monoisotopic (exact) mass is 315 g/mol. The molecule has 0 bridgehead atoms. The van der Waals surface area contributed by atoms with Crippen LogP contribution >= 0.6 is 0 Å². The number of nitrogens with zero attached hydrogens (tertiary/aromatic N) is 1. The number of rotatable bonds is 5. The van der Waals surface area contributed by atoms with E-state index >= 15 is 0 Å². The van der Waals surface area contributed by atoms with E-state index in [1.807, 2.05) is 41.2 Å². The van der Waals surface area contributed by atoms with Gasteiger partial charge in [0.05, 0.1) is 0 Å². The van der Waals surface area contributed by atoms with Gasteiger partial charge in [0.15, 0.2) is 11.6 Å². The fraction of sp³-hybridized carbons (Fsp3) is 0.158. The molecule has 0 spiro atoms. The Labute approximate surface area is 132 Å². The van der Waals surface area contributed by atoms with Crippen LogP contribution in [0.4, 0.5) is 13.2 Å². The molecule has 3 rings (SSSR count). The average Bonchev–Trinajstić information content (AvgIpc) is 2.96. The van der Waals surface area contributed by atoms with E-state index < -0.39 is 17.5 Å². The molecule has 0 N–H and O–H groups in total. The quantitative estimate of drug-likeness (QED) is 0.438. The van der Waals surface area contributed by atoms with Gasteiger partial charge in [-0.05, 0) is 35.2 Å². The van der Waals surface area contributed by atoms with Crippen LogP contribution in [0.2, 0.25) is 0 Å². The first-order valence-electron chi connectivity index (χ1n) is 7.39. The first-order valence-corrected chi connectivity index (χ1v) is 7.39. The smallest absolute Gasteiger partial charge is 0.161 e. The van der Waals surface area contributed by atoms with E-state index in [1.165, 1.54) is 0 Å². The predicted octanol–water partition coefficient (Wildman–Crippen LogP) is 5.42. The summed E-state index contributed by atoms with van der Waals surface area (Å²) >= 11 is 0.